The van der Waals surface area contributed by atoms with Crippen LogP contribution in [0.25, 0.3) is 6.08 Å². The number of aromatic nitrogens is 1. The first-order valence-corrected chi connectivity index (χ1v) is 11.2. The molecule has 2 aromatic rings. The van der Waals surface area contributed by atoms with Crippen LogP contribution in [0.2, 0.25) is 0 Å². The molecule has 4 nitrogen and oxygen atoms in total. The van der Waals surface area contributed by atoms with Gasteiger partial charge < -0.3 is 0 Å². The van der Waals surface area contributed by atoms with Crippen molar-refractivity contribution in [2.24, 2.45) is 5.92 Å². The number of thioether (sulfide) groups is 1. The fourth-order valence-electron chi connectivity index (χ4n) is 4.07. The summed E-state index contributed by atoms with van der Waals surface area (Å²) in [4.78, 5) is 31.2. The van der Waals surface area contributed by atoms with Crippen LogP contribution in [-0.4, -0.2) is 39.1 Å². The van der Waals surface area contributed by atoms with Crippen molar-refractivity contribution in [2.45, 2.75) is 37.5 Å². The van der Waals surface area contributed by atoms with Crippen molar-refractivity contribution in [1.29, 1.82) is 0 Å². The fraction of sp³-hybridized carbons (Fsp3) is 0.375. The number of likely N-dealkylation sites (tertiary alicyclic amines) is 1. The van der Waals surface area contributed by atoms with Gasteiger partial charge in [0.25, 0.3) is 0 Å². The molecule has 0 bridgehead atoms. The molecule has 1 aromatic carbocycles. The van der Waals surface area contributed by atoms with E-state index in [0.29, 0.717) is 18.7 Å². The largest absolute Gasteiger partial charge is 0.297 e. The number of piperidine rings is 1. The molecule has 156 valence electrons. The summed E-state index contributed by atoms with van der Waals surface area (Å²) in [7, 11) is 0. The van der Waals surface area contributed by atoms with E-state index in [4.69, 9.17) is 0 Å². The average molecular weight is 425 g/mol. The van der Waals surface area contributed by atoms with E-state index in [9.17, 15) is 14.0 Å². The molecule has 2 atom stereocenters. The zero-order valence-corrected chi connectivity index (χ0v) is 17.8. The lowest BCUT2D eigenvalue weighted by Crippen LogP contribution is -2.43. The van der Waals surface area contributed by atoms with Crippen LogP contribution in [0.4, 0.5) is 4.39 Å². The lowest BCUT2D eigenvalue weighted by Gasteiger charge is -2.38. The Bertz CT molecular complexity index is 959. The highest BCUT2D eigenvalue weighted by atomic mass is 32.2. The van der Waals surface area contributed by atoms with Gasteiger partial charge in [-0.3, -0.25) is 19.5 Å². The third-order valence-electron chi connectivity index (χ3n) is 5.64. The Balaban J connectivity index is 1.67. The van der Waals surface area contributed by atoms with Gasteiger partial charge in [0.2, 0.25) is 0 Å². The molecular weight excluding hydrogens is 399 g/mol. The van der Waals surface area contributed by atoms with Crippen LogP contribution in [0.1, 0.15) is 43.4 Å². The number of hydrogen-bond donors (Lipinski definition) is 0. The SMILES string of the molecule is CC(=O)SC1CCN(C(C(=O)C2CC2)c2ccccc2F)C/C1=C/c1cccnc1. The standard InChI is InChI=1S/C24H25FN2O2S/c1-16(28)30-22-10-12-27(15-19(22)13-17-5-4-11-26-14-17)23(24(29)18-8-9-18)20-6-2-3-7-21(20)25/h2-7,11,13-14,18,22-23H,8-10,12,15H2,1H3/b19-13-. The van der Waals surface area contributed by atoms with Gasteiger partial charge in [0, 0.05) is 49.1 Å². The first-order chi connectivity index (χ1) is 14.5. The summed E-state index contributed by atoms with van der Waals surface area (Å²) < 4.78 is 14.7. The van der Waals surface area contributed by atoms with Crippen LogP contribution in [0, 0.1) is 11.7 Å². The number of rotatable bonds is 6. The highest BCUT2D eigenvalue weighted by Gasteiger charge is 2.41. The molecule has 0 N–H and O–H groups in total. The van der Waals surface area contributed by atoms with Crippen LogP contribution < -0.4 is 0 Å². The maximum Gasteiger partial charge on any atom is 0.186 e. The van der Waals surface area contributed by atoms with Crippen molar-refractivity contribution >= 4 is 28.7 Å². The molecule has 2 heterocycles. The summed E-state index contributed by atoms with van der Waals surface area (Å²) >= 11 is 1.33. The van der Waals surface area contributed by atoms with E-state index in [-0.39, 0.29) is 27.9 Å². The molecule has 1 saturated carbocycles. The predicted octanol–water partition coefficient (Wildman–Crippen LogP) is 4.68. The van der Waals surface area contributed by atoms with E-state index >= 15 is 0 Å². The van der Waals surface area contributed by atoms with E-state index < -0.39 is 6.04 Å². The first kappa shape index (κ1) is 20.9. The number of halogens is 1. The Labute approximate surface area is 180 Å². The Morgan fingerprint density at radius 2 is 2.00 bits per heavy atom. The number of pyridine rings is 1. The molecule has 1 saturated heterocycles. The van der Waals surface area contributed by atoms with E-state index in [1.807, 2.05) is 12.1 Å². The monoisotopic (exact) mass is 424 g/mol. The summed E-state index contributed by atoms with van der Waals surface area (Å²) in [5.41, 5.74) is 2.48. The number of carbonyl (C=O) groups excluding carboxylic acids is 2. The van der Waals surface area contributed by atoms with Crippen LogP contribution in [0.3, 0.4) is 0 Å². The molecule has 4 rings (SSSR count). The molecule has 2 aliphatic rings. The van der Waals surface area contributed by atoms with E-state index in [0.717, 1.165) is 30.4 Å². The van der Waals surface area contributed by atoms with Gasteiger partial charge in [0.05, 0.1) is 6.04 Å². The average Bonchev–Trinajstić information content (AvgIpc) is 3.57. The second kappa shape index (κ2) is 9.23. The quantitative estimate of drug-likeness (QED) is 0.674. The molecule has 6 heteroatoms. The zero-order chi connectivity index (χ0) is 21.1. The van der Waals surface area contributed by atoms with Crippen molar-refractivity contribution in [1.82, 2.24) is 9.88 Å². The molecule has 1 aliphatic heterocycles. The van der Waals surface area contributed by atoms with Crippen molar-refractivity contribution < 1.29 is 14.0 Å². The molecule has 1 aliphatic carbocycles. The summed E-state index contributed by atoms with van der Waals surface area (Å²) in [5.74, 6) is -0.197. The highest BCUT2D eigenvalue weighted by Crippen LogP contribution is 2.40. The third kappa shape index (κ3) is 4.87. The minimum atomic E-state index is -0.584. The first-order valence-electron chi connectivity index (χ1n) is 10.3. The summed E-state index contributed by atoms with van der Waals surface area (Å²) in [6.07, 6.45) is 8.07. The minimum Gasteiger partial charge on any atom is -0.297 e. The topological polar surface area (TPSA) is 50.3 Å². The number of hydrogen-bond acceptors (Lipinski definition) is 5. The molecule has 0 radical (unpaired) electrons. The Hall–Kier alpha value is -2.31. The minimum absolute atomic E-state index is 0.0321. The van der Waals surface area contributed by atoms with Gasteiger partial charge in [-0.25, -0.2) is 4.39 Å². The lowest BCUT2D eigenvalue weighted by atomic mass is 9.93. The van der Waals surface area contributed by atoms with Crippen LogP contribution in [0.15, 0.2) is 54.4 Å². The van der Waals surface area contributed by atoms with E-state index in [2.05, 4.69) is 16.0 Å². The van der Waals surface area contributed by atoms with Gasteiger partial charge in [0.1, 0.15) is 5.82 Å². The summed E-state index contributed by atoms with van der Waals surface area (Å²) in [6.45, 7) is 2.75. The van der Waals surface area contributed by atoms with Crippen molar-refractivity contribution in [2.75, 3.05) is 13.1 Å². The van der Waals surface area contributed by atoms with E-state index in [1.54, 1.807) is 37.5 Å². The second-order valence-corrected chi connectivity index (χ2v) is 9.34. The molecule has 30 heavy (non-hydrogen) atoms. The Morgan fingerprint density at radius 3 is 2.67 bits per heavy atom. The molecule has 1 aromatic heterocycles. The number of ketones is 1. The maximum absolute atomic E-state index is 14.7. The van der Waals surface area contributed by atoms with Crippen LogP contribution in [0.5, 0.6) is 0 Å². The molecular formula is C24H25FN2O2S. The number of nitrogens with zero attached hydrogens (tertiary/aromatic N) is 2. The Morgan fingerprint density at radius 1 is 1.20 bits per heavy atom. The van der Waals surface area contributed by atoms with Gasteiger partial charge >= 0.3 is 0 Å². The van der Waals surface area contributed by atoms with Crippen molar-refractivity contribution in [3.8, 4) is 0 Å². The Kier molecular flexibility index (Phi) is 6.44. The van der Waals surface area contributed by atoms with Gasteiger partial charge in [-0.15, -0.1) is 0 Å². The van der Waals surface area contributed by atoms with Crippen molar-refractivity contribution in [3.05, 3.63) is 71.3 Å². The third-order valence-corrected chi connectivity index (χ3v) is 6.79. The van der Waals surface area contributed by atoms with Gasteiger partial charge in [0.15, 0.2) is 10.9 Å². The maximum atomic E-state index is 14.7. The smallest absolute Gasteiger partial charge is 0.186 e. The highest BCUT2D eigenvalue weighted by molar-refractivity contribution is 8.14. The predicted molar refractivity (Wildman–Crippen MR) is 117 cm³/mol. The van der Waals surface area contributed by atoms with Crippen LogP contribution >= 0.6 is 11.8 Å². The van der Waals surface area contributed by atoms with Crippen molar-refractivity contribution in [3.63, 3.8) is 0 Å². The van der Waals surface area contributed by atoms with Gasteiger partial charge in [-0.05, 0) is 42.5 Å². The fourth-order valence-corrected chi connectivity index (χ4v) is 4.99. The van der Waals surface area contributed by atoms with Gasteiger partial charge in [-0.2, -0.15) is 0 Å². The molecule has 2 fully saturated rings. The zero-order valence-electron chi connectivity index (χ0n) is 17.0. The summed E-state index contributed by atoms with van der Waals surface area (Å²) in [5, 5.41) is 0.126. The molecule has 2 unspecified atom stereocenters. The van der Waals surface area contributed by atoms with Gasteiger partial charge in [-0.1, -0.05) is 42.1 Å². The number of benzene rings is 1. The number of Topliss-reactive ketones (excluding diaryl/α,β-unsaturated/α-hetero) is 1. The van der Waals surface area contributed by atoms with Crippen LogP contribution in [-0.2, 0) is 9.59 Å². The molecule has 0 spiro atoms. The summed E-state index contributed by atoms with van der Waals surface area (Å²) in [6, 6.07) is 9.85. The second-order valence-electron chi connectivity index (χ2n) is 7.96. The lowest BCUT2D eigenvalue weighted by molar-refractivity contribution is -0.126. The number of carbonyl (C=O) groups is 2. The van der Waals surface area contributed by atoms with E-state index in [1.165, 1.54) is 17.8 Å². The molecule has 0 amide bonds. The normalized spacial score (nSPS) is 22.1.